The number of halogens is 6. The Labute approximate surface area is 346 Å². The van der Waals surface area contributed by atoms with E-state index in [1.54, 1.807) is 0 Å². The maximum Gasteiger partial charge on any atom is 0.410 e. The predicted octanol–water partition coefficient (Wildman–Crippen LogP) is 9.06. The molecule has 0 bridgehead atoms. The van der Waals surface area contributed by atoms with E-state index in [-0.39, 0.29) is 11.1 Å². The molecule has 320 valence electrons. The van der Waals surface area contributed by atoms with E-state index < -0.39 is 59.2 Å². The van der Waals surface area contributed by atoms with Crippen molar-refractivity contribution in [1.29, 1.82) is 0 Å². The van der Waals surface area contributed by atoms with Crippen molar-refractivity contribution in [2.45, 2.75) is 50.6 Å². The van der Waals surface area contributed by atoms with Gasteiger partial charge >= 0.3 is 12.2 Å². The summed E-state index contributed by atoms with van der Waals surface area (Å²) >= 11 is 0. The number of piperidine rings is 2. The van der Waals surface area contributed by atoms with Crippen LogP contribution in [0.5, 0.6) is 0 Å². The lowest BCUT2D eigenvalue weighted by Gasteiger charge is -2.37. The number of nitrogens with zero attached hydrogens (tertiary/aromatic N) is 4. The maximum absolute atomic E-state index is 14.0. The third-order valence-corrected chi connectivity index (χ3v) is 12.2. The number of ether oxygens (including phenoxy) is 2. The highest BCUT2D eigenvalue weighted by Gasteiger charge is 2.36. The first-order valence-electron chi connectivity index (χ1n) is 20.6. The minimum atomic E-state index is -1.51. The molecule has 8 nitrogen and oxygen atoms in total. The van der Waals surface area contributed by atoms with Gasteiger partial charge in [0, 0.05) is 13.1 Å². The lowest BCUT2D eigenvalue weighted by Crippen LogP contribution is -2.42. The van der Waals surface area contributed by atoms with Crippen molar-refractivity contribution in [3.63, 3.8) is 0 Å². The van der Waals surface area contributed by atoms with Crippen molar-refractivity contribution in [2.75, 3.05) is 66.6 Å². The zero-order valence-electron chi connectivity index (χ0n) is 33.8. The molecule has 0 N–H and O–H groups in total. The summed E-state index contributed by atoms with van der Waals surface area (Å²) in [6.07, 6.45) is 4.05. The molecule has 4 aliphatic heterocycles. The van der Waals surface area contributed by atoms with Crippen molar-refractivity contribution in [2.24, 2.45) is 11.8 Å². The van der Waals surface area contributed by atoms with Crippen LogP contribution in [0, 0.1) is 46.7 Å². The molecule has 2 atom stereocenters. The summed E-state index contributed by atoms with van der Waals surface area (Å²) in [5, 5.41) is 0. The molecule has 4 heterocycles. The summed E-state index contributed by atoms with van der Waals surface area (Å²) in [4.78, 5) is 33.4. The zero-order valence-corrected chi connectivity index (χ0v) is 33.8. The van der Waals surface area contributed by atoms with E-state index >= 15 is 0 Å². The van der Waals surface area contributed by atoms with Crippen LogP contribution in [0.2, 0.25) is 0 Å². The molecule has 60 heavy (non-hydrogen) atoms. The molecule has 2 saturated heterocycles. The van der Waals surface area contributed by atoms with Gasteiger partial charge in [-0.2, -0.15) is 0 Å². The van der Waals surface area contributed by atoms with Crippen LogP contribution in [0.15, 0.2) is 72.8 Å². The van der Waals surface area contributed by atoms with Gasteiger partial charge in [0.2, 0.25) is 0 Å². The molecule has 0 saturated carbocycles. The second kappa shape index (κ2) is 19.1. The molecule has 0 radical (unpaired) electrons. The summed E-state index contributed by atoms with van der Waals surface area (Å²) in [6, 6.07) is 17.3. The first-order valence-corrected chi connectivity index (χ1v) is 20.6. The minimum absolute atomic E-state index is 0.190. The highest BCUT2D eigenvalue weighted by molar-refractivity contribution is 5.71. The second-order valence-corrected chi connectivity index (χ2v) is 16.3. The third kappa shape index (κ3) is 9.76. The number of carbonyl (C=O) groups excluding carboxylic acids is 2. The first-order chi connectivity index (χ1) is 28.9. The molecule has 2 amide bonds. The molecule has 2 fully saturated rings. The lowest BCUT2D eigenvalue weighted by atomic mass is 9.88. The summed E-state index contributed by atoms with van der Waals surface area (Å²) in [5.74, 6) is -7.50. The van der Waals surface area contributed by atoms with E-state index in [1.807, 2.05) is 48.5 Å². The van der Waals surface area contributed by atoms with Gasteiger partial charge in [0.25, 0.3) is 0 Å². The quantitative estimate of drug-likeness (QED) is 0.143. The topological polar surface area (TPSA) is 65.6 Å². The fraction of sp³-hybridized carbons (Fsp3) is 0.435. The van der Waals surface area contributed by atoms with Crippen molar-refractivity contribution < 1.29 is 45.4 Å². The monoisotopic (exact) mass is 836 g/mol. The largest absolute Gasteiger partial charge is 0.449 e. The molecule has 4 aliphatic rings. The normalized spacial score (nSPS) is 20.1. The van der Waals surface area contributed by atoms with Gasteiger partial charge in [0.1, 0.15) is 0 Å². The van der Waals surface area contributed by atoms with Crippen LogP contribution < -0.4 is 0 Å². The Morgan fingerprint density at radius 3 is 1.22 bits per heavy atom. The molecular formula is C46H50F6N4O4. The van der Waals surface area contributed by atoms with Crippen molar-refractivity contribution in [3.05, 3.63) is 141 Å². The Morgan fingerprint density at radius 2 is 0.867 bits per heavy atom. The number of rotatable bonds is 6. The van der Waals surface area contributed by atoms with E-state index in [4.69, 9.17) is 9.47 Å². The van der Waals surface area contributed by atoms with Crippen molar-refractivity contribution >= 4 is 12.2 Å². The Hall–Kier alpha value is -5.08. The van der Waals surface area contributed by atoms with Gasteiger partial charge in [-0.05, 0) is 148 Å². The van der Waals surface area contributed by atoms with Crippen LogP contribution in [-0.4, -0.2) is 98.4 Å². The third-order valence-electron chi connectivity index (χ3n) is 12.2. The van der Waals surface area contributed by atoms with Gasteiger partial charge in [-0.1, -0.05) is 48.5 Å². The van der Waals surface area contributed by atoms with E-state index in [2.05, 4.69) is 23.9 Å². The highest BCUT2D eigenvalue weighted by Crippen LogP contribution is 2.38. The van der Waals surface area contributed by atoms with Crippen LogP contribution >= 0.6 is 0 Å². The van der Waals surface area contributed by atoms with Crippen LogP contribution in [0.4, 0.5) is 35.9 Å². The molecule has 0 unspecified atom stereocenters. The average molecular weight is 837 g/mol. The van der Waals surface area contributed by atoms with Gasteiger partial charge in [-0.25, -0.2) is 35.9 Å². The van der Waals surface area contributed by atoms with E-state index in [0.29, 0.717) is 51.0 Å². The number of likely N-dealkylation sites (tertiary alicyclic amines) is 2. The number of hydrogen-bond acceptors (Lipinski definition) is 6. The number of fused-ring (bicyclic) bond motifs is 2. The molecule has 0 spiro atoms. The van der Waals surface area contributed by atoms with Gasteiger partial charge in [0.15, 0.2) is 34.9 Å². The molecule has 0 aliphatic carbocycles. The highest BCUT2D eigenvalue weighted by atomic mass is 19.2. The number of carbonyl (C=O) groups is 2. The molecule has 14 heteroatoms. The van der Waals surface area contributed by atoms with Gasteiger partial charge < -0.3 is 19.3 Å². The SMILES string of the molecule is CN1CCC(COC(=O)N2CCc3ccccc3[C@@H]2c2cc(F)c(F)c(F)c2)CC1.CN1CCC(COC(=O)N2CCc3ccccc3[C@H]2c2cc(F)c(F)c(F)c2)CC1. The Kier molecular flexibility index (Phi) is 13.7. The van der Waals surface area contributed by atoms with Crippen LogP contribution in [-0.2, 0) is 22.3 Å². The van der Waals surface area contributed by atoms with Crippen LogP contribution in [0.3, 0.4) is 0 Å². The van der Waals surface area contributed by atoms with E-state index in [9.17, 15) is 35.9 Å². The Balaban J connectivity index is 0.000000181. The summed E-state index contributed by atoms with van der Waals surface area (Å²) < 4.78 is 94.2. The fourth-order valence-corrected chi connectivity index (χ4v) is 8.71. The molecule has 4 aromatic carbocycles. The fourth-order valence-electron chi connectivity index (χ4n) is 8.71. The first kappa shape index (κ1) is 43.0. The number of hydrogen-bond donors (Lipinski definition) is 0. The second-order valence-electron chi connectivity index (χ2n) is 16.3. The van der Waals surface area contributed by atoms with Gasteiger partial charge in [-0.3, -0.25) is 9.80 Å². The summed E-state index contributed by atoms with van der Waals surface area (Å²) in [5.41, 5.74) is 3.90. The number of amides is 2. The number of benzene rings is 4. The van der Waals surface area contributed by atoms with Crippen molar-refractivity contribution in [1.82, 2.24) is 19.6 Å². The van der Waals surface area contributed by atoms with E-state index in [1.165, 1.54) is 9.80 Å². The Morgan fingerprint density at radius 1 is 0.533 bits per heavy atom. The van der Waals surface area contributed by atoms with E-state index in [0.717, 1.165) is 98.4 Å². The van der Waals surface area contributed by atoms with Crippen LogP contribution in [0.1, 0.15) is 71.1 Å². The van der Waals surface area contributed by atoms with Gasteiger partial charge in [-0.15, -0.1) is 0 Å². The lowest BCUT2D eigenvalue weighted by molar-refractivity contribution is 0.0632. The summed E-state index contributed by atoms with van der Waals surface area (Å²) in [7, 11) is 4.14. The molecular weight excluding hydrogens is 787 g/mol. The maximum atomic E-state index is 14.0. The minimum Gasteiger partial charge on any atom is -0.449 e. The summed E-state index contributed by atoms with van der Waals surface area (Å²) in [6.45, 7) is 5.23. The Bertz CT molecular complexity index is 1960. The predicted molar refractivity (Wildman–Crippen MR) is 213 cm³/mol. The molecule has 4 aromatic rings. The average Bonchev–Trinajstić information content (AvgIpc) is 3.25. The smallest absolute Gasteiger partial charge is 0.410 e. The van der Waals surface area contributed by atoms with Gasteiger partial charge in [0.05, 0.1) is 25.3 Å². The van der Waals surface area contributed by atoms with Crippen molar-refractivity contribution in [3.8, 4) is 0 Å². The molecule has 0 aromatic heterocycles. The molecule has 8 rings (SSSR count). The van der Waals surface area contributed by atoms with Crippen LogP contribution in [0.25, 0.3) is 0 Å². The zero-order chi connectivity index (χ0) is 42.5. The standard InChI is InChI=1S/2C23H25F3N2O2/c2*1-27-9-6-15(7-10-27)14-30-23(29)28-11-8-16-4-2-3-5-18(16)22(28)17-12-19(24)21(26)20(25)13-17/h2*2-5,12-13,15,22H,6-11,14H2,1H3/t2*22-/m10/s1.